The fourth-order valence-corrected chi connectivity index (χ4v) is 1.16. The highest BCUT2D eigenvalue weighted by Crippen LogP contribution is 2.14. The first-order chi connectivity index (χ1) is 6.16. The summed E-state index contributed by atoms with van der Waals surface area (Å²) < 4.78 is 8.83. The Morgan fingerprint density at radius 3 is 2.69 bits per heavy atom. The molecule has 4 nitrogen and oxygen atoms in total. The maximum absolute atomic E-state index is 11.1. The Balaban J connectivity index is 3.04. The van der Waals surface area contributed by atoms with Crippen molar-refractivity contribution in [1.29, 1.82) is 0 Å². The highest BCUT2D eigenvalue weighted by molar-refractivity contribution is 6.31. The van der Waals surface area contributed by atoms with Crippen LogP contribution in [0.3, 0.4) is 0 Å². The lowest BCUT2D eigenvalue weighted by atomic mass is 10.3. The van der Waals surface area contributed by atoms with Crippen molar-refractivity contribution in [2.45, 2.75) is 0 Å². The Hall–Kier alpha value is -1.55. The van der Waals surface area contributed by atoms with E-state index >= 15 is 0 Å². The Kier molecular flexibility index (Phi) is 1.70. The summed E-state index contributed by atoms with van der Waals surface area (Å²) in [5.74, 6) is -1.01. The van der Waals surface area contributed by atoms with Crippen molar-refractivity contribution in [1.82, 2.24) is 0 Å². The topological polar surface area (TPSA) is 60.4 Å². The number of hydrogen-bond acceptors (Lipinski definition) is 4. The van der Waals surface area contributed by atoms with Crippen LogP contribution in [-0.4, -0.2) is 0 Å². The molecular formula is C8H3ClO4. The van der Waals surface area contributed by atoms with Crippen LogP contribution in [0.5, 0.6) is 0 Å². The van der Waals surface area contributed by atoms with E-state index in [0.29, 0.717) is 5.02 Å². The van der Waals surface area contributed by atoms with Crippen molar-refractivity contribution >= 4 is 22.6 Å². The van der Waals surface area contributed by atoms with Crippen LogP contribution in [0.1, 0.15) is 0 Å². The molecule has 2 aromatic rings. The van der Waals surface area contributed by atoms with Gasteiger partial charge < -0.3 is 8.83 Å². The summed E-state index contributed by atoms with van der Waals surface area (Å²) in [6.45, 7) is 0. The molecule has 66 valence electrons. The smallest absolute Gasteiger partial charge is 0.394 e. The van der Waals surface area contributed by atoms with Crippen molar-refractivity contribution in [3.05, 3.63) is 44.3 Å². The molecule has 0 atom stereocenters. The van der Waals surface area contributed by atoms with Gasteiger partial charge in [-0.1, -0.05) is 11.6 Å². The summed E-state index contributed by atoms with van der Waals surface area (Å²) in [4.78, 5) is 21.7. The van der Waals surface area contributed by atoms with Gasteiger partial charge in [-0.3, -0.25) is 0 Å². The van der Waals surface area contributed by atoms with Gasteiger partial charge in [0.2, 0.25) is 0 Å². The Morgan fingerprint density at radius 1 is 1.15 bits per heavy atom. The summed E-state index contributed by atoms with van der Waals surface area (Å²) in [5.41, 5.74) is -0.570. The first-order valence-corrected chi connectivity index (χ1v) is 3.78. The van der Waals surface area contributed by atoms with Gasteiger partial charge in [0.15, 0.2) is 0 Å². The third-order valence-electron chi connectivity index (χ3n) is 1.53. The number of halogens is 1. The molecule has 0 fully saturated rings. The van der Waals surface area contributed by atoms with Crippen molar-refractivity contribution in [3.8, 4) is 0 Å². The molecule has 0 saturated heterocycles. The van der Waals surface area contributed by atoms with Crippen LogP contribution < -0.4 is 11.4 Å². The van der Waals surface area contributed by atoms with E-state index in [9.17, 15) is 9.59 Å². The second-order valence-corrected chi connectivity index (χ2v) is 2.82. The maximum atomic E-state index is 11.1. The summed E-state index contributed by atoms with van der Waals surface area (Å²) >= 11 is 5.63. The molecule has 0 bridgehead atoms. The number of hydrogen-bond donors (Lipinski definition) is 0. The minimum Gasteiger partial charge on any atom is -0.394 e. The monoisotopic (exact) mass is 198 g/mol. The van der Waals surface area contributed by atoms with Crippen LogP contribution in [0.4, 0.5) is 0 Å². The van der Waals surface area contributed by atoms with Crippen molar-refractivity contribution in [3.63, 3.8) is 0 Å². The van der Waals surface area contributed by atoms with E-state index < -0.39 is 11.4 Å². The van der Waals surface area contributed by atoms with E-state index in [2.05, 4.69) is 8.83 Å². The van der Waals surface area contributed by atoms with Crippen molar-refractivity contribution in [2.75, 3.05) is 0 Å². The van der Waals surface area contributed by atoms with E-state index in [1.807, 2.05) is 0 Å². The Bertz CT molecular complexity index is 566. The molecule has 0 aliphatic heterocycles. The summed E-state index contributed by atoms with van der Waals surface area (Å²) in [7, 11) is 0. The van der Waals surface area contributed by atoms with Crippen LogP contribution >= 0.6 is 11.6 Å². The normalized spacial score (nSPS) is 10.5. The van der Waals surface area contributed by atoms with Crippen LogP contribution in [0.2, 0.25) is 5.02 Å². The molecule has 0 amide bonds. The van der Waals surface area contributed by atoms with Crippen LogP contribution in [0, 0.1) is 0 Å². The highest BCUT2D eigenvalue weighted by Gasteiger charge is 2.04. The molecule has 0 aliphatic rings. The molecule has 13 heavy (non-hydrogen) atoms. The first kappa shape index (κ1) is 8.07. The van der Waals surface area contributed by atoms with Gasteiger partial charge in [0, 0.05) is 5.02 Å². The second-order valence-electron chi connectivity index (χ2n) is 2.38. The fourth-order valence-electron chi connectivity index (χ4n) is 0.992. The quantitative estimate of drug-likeness (QED) is 0.642. The molecule has 1 aromatic heterocycles. The minimum absolute atomic E-state index is 0.159. The third kappa shape index (κ3) is 1.36. The average Bonchev–Trinajstić information content (AvgIpc) is 2.06. The van der Waals surface area contributed by atoms with E-state index in [0.717, 1.165) is 0 Å². The van der Waals surface area contributed by atoms with E-state index in [-0.39, 0.29) is 11.0 Å². The van der Waals surface area contributed by atoms with Crippen LogP contribution in [-0.2, 0) is 0 Å². The standard InChI is InChI=1S/C8H3ClO4/c9-4-1-2-6-5(3-4)7(10)13-8(11)12-6/h1-3H. The molecule has 0 saturated carbocycles. The van der Waals surface area contributed by atoms with Gasteiger partial charge >= 0.3 is 11.4 Å². The van der Waals surface area contributed by atoms with Crippen molar-refractivity contribution in [2.24, 2.45) is 0 Å². The predicted octanol–water partition coefficient (Wildman–Crippen LogP) is 1.40. The SMILES string of the molecule is O=c1oc(=O)c2cc(Cl)ccc2o1. The van der Waals surface area contributed by atoms with E-state index in [1.165, 1.54) is 18.2 Å². The minimum atomic E-state index is -1.01. The lowest BCUT2D eigenvalue weighted by molar-refractivity contribution is 0.328. The molecule has 5 heteroatoms. The van der Waals surface area contributed by atoms with Gasteiger partial charge in [-0.25, -0.2) is 9.59 Å². The average molecular weight is 199 g/mol. The summed E-state index contributed by atoms with van der Waals surface area (Å²) in [6, 6.07) is 4.34. The number of rotatable bonds is 0. The molecule has 0 N–H and O–H groups in total. The molecule has 0 unspecified atom stereocenters. The molecule has 1 heterocycles. The summed E-state index contributed by atoms with van der Waals surface area (Å²) in [5, 5.41) is 0.542. The molecule has 1 aromatic carbocycles. The highest BCUT2D eigenvalue weighted by atomic mass is 35.5. The van der Waals surface area contributed by atoms with Gasteiger partial charge in [-0.05, 0) is 18.2 Å². The molecule has 0 spiro atoms. The largest absolute Gasteiger partial charge is 0.522 e. The number of fused-ring (bicyclic) bond motifs is 1. The zero-order chi connectivity index (χ0) is 9.42. The maximum Gasteiger partial charge on any atom is 0.522 e. The fraction of sp³-hybridized carbons (Fsp3) is 0. The van der Waals surface area contributed by atoms with Gasteiger partial charge in [-0.2, -0.15) is 0 Å². The molecule has 0 aliphatic carbocycles. The van der Waals surface area contributed by atoms with Gasteiger partial charge in [-0.15, -0.1) is 0 Å². The first-order valence-electron chi connectivity index (χ1n) is 3.40. The summed E-state index contributed by atoms with van der Waals surface area (Å²) in [6.07, 6.45) is 0. The second kappa shape index (κ2) is 2.74. The van der Waals surface area contributed by atoms with E-state index in [4.69, 9.17) is 11.6 Å². The Labute approximate surface area is 76.3 Å². The van der Waals surface area contributed by atoms with Crippen LogP contribution in [0.25, 0.3) is 11.0 Å². The van der Waals surface area contributed by atoms with Crippen LogP contribution in [0.15, 0.2) is 36.6 Å². The lowest BCUT2D eigenvalue weighted by Gasteiger charge is -1.92. The number of benzene rings is 1. The zero-order valence-corrected chi connectivity index (χ0v) is 7.00. The van der Waals surface area contributed by atoms with Crippen molar-refractivity contribution < 1.29 is 8.83 Å². The third-order valence-corrected chi connectivity index (χ3v) is 1.77. The lowest BCUT2D eigenvalue weighted by Crippen LogP contribution is -2.09. The predicted molar refractivity (Wildman–Crippen MR) is 46.0 cm³/mol. The van der Waals surface area contributed by atoms with Gasteiger partial charge in [0.1, 0.15) is 11.0 Å². The van der Waals surface area contributed by atoms with Gasteiger partial charge in [0.25, 0.3) is 0 Å². The molecule has 2 rings (SSSR count). The zero-order valence-electron chi connectivity index (χ0n) is 6.24. The molecular weight excluding hydrogens is 196 g/mol. The molecule has 0 radical (unpaired) electrons. The van der Waals surface area contributed by atoms with Gasteiger partial charge in [0.05, 0.1) is 0 Å². The Morgan fingerprint density at radius 2 is 1.92 bits per heavy atom. The van der Waals surface area contributed by atoms with E-state index in [1.54, 1.807) is 0 Å².